The first-order chi connectivity index (χ1) is 18.3. The third-order valence-electron chi connectivity index (χ3n) is 9.21. The zero-order valence-electron chi connectivity index (χ0n) is 22.2. The molecule has 0 radical (unpaired) electrons. The highest BCUT2D eigenvalue weighted by molar-refractivity contribution is 6.31. The van der Waals surface area contributed by atoms with Gasteiger partial charge in [-0.1, -0.05) is 60.7 Å². The van der Waals surface area contributed by atoms with E-state index in [2.05, 4.69) is 28.9 Å². The number of halogens is 2. The first-order valence-electron chi connectivity index (χ1n) is 14.2. The number of rotatable bonds is 8. The molecule has 3 N–H and O–H groups in total. The number of hydrogen-bond donors (Lipinski definition) is 3. The summed E-state index contributed by atoms with van der Waals surface area (Å²) in [6, 6.07) is 14.1. The molecule has 0 saturated heterocycles. The van der Waals surface area contributed by atoms with E-state index in [1.165, 1.54) is 32.1 Å². The van der Waals surface area contributed by atoms with Crippen molar-refractivity contribution in [2.24, 2.45) is 11.8 Å². The van der Waals surface area contributed by atoms with E-state index in [0.717, 1.165) is 42.5 Å². The van der Waals surface area contributed by atoms with Gasteiger partial charge in [0.05, 0.1) is 12.0 Å². The normalized spacial score (nSPS) is 26.4. The van der Waals surface area contributed by atoms with E-state index in [-0.39, 0.29) is 29.8 Å². The van der Waals surface area contributed by atoms with Gasteiger partial charge >= 0.3 is 0 Å². The van der Waals surface area contributed by atoms with Gasteiger partial charge in [0.15, 0.2) is 0 Å². The Kier molecular flexibility index (Phi) is 8.66. The second kappa shape index (κ2) is 12.0. The Morgan fingerprint density at radius 2 is 1.74 bits per heavy atom. The summed E-state index contributed by atoms with van der Waals surface area (Å²) >= 11 is 12.6. The average molecular weight is 557 g/mol. The molecule has 7 heteroatoms. The summed E-state index contributed by atoms with van der Waals surface area (Å²) in [6.45, 7) is 2.50. The zero-order chi connectivity index (χ0) is 26.7. The van der Waals surface area contributed by atoms with Crippen LogP contribution < -0.4 is 16.0 Å². The van der Waals surface area contributed by atoms with E-state index >= 15 is 0 Å². The molecule has 0 bridgehead atoms. The molecule has 5 rings (SSSR count). The van der Waals surface area contributed by atoms with Crippen LogP contribution in [0.25, 0.3) is 0 Å². The van der Waals surface area contributed by atoms with Crippen LogP contribution in [0.2, 0.25) is 10.0 Å². The predicted molar refractivity (Wildman–Crippen MR) is 155 cm³/mol. The number of fused-ring (bicyclic) bond motifs is 1. The molecule has 1 heterocycles. The molecule has 204 valence electrons. The van der Waals surface area contributed by atoms with E-state index in [4.69, 9.17) is 23.2 Å². The number of nitrogens with one attached hydrogen (secondary N) is 3. The smallest absolute Gasteiger partial charge is 0.235 e. The minimum atomic E-state index is -0.664. The highest BCUT2D eigenvalue weighted by Gasteiger charge is 2.52. The summed E-state index contributed by atoms with van der Waals surface area (Å²) in [5.41, 5.74) is 2.23. The summed E-state index contributed by atoms with van der Waals surface area (Å²) in [5, 5.41) is 11.2. The van der Waals surface area contributed by atoms with Crippen molar-refractivity contribution in [1.82, 2.24) is 10.6 Å². The van der Waals surface area contributed by atoms with Crippen LogP contribution >= 0.6 is 23.2 Å². The van der Waals surface area contributed by atoms with Gasteiger partial charge in [-0.25, -0.2) is 0 Å². The molecule has 1 unspecified atom stereocenters. The van der Waals surface area contributed by atoms with Crippen molar-refractivity contribution in [2.45, 2.75) is 88.6 Å². The van der Waals surface area contributed by atoms with E-state index in [9.17, 15) is 9.59 Å². The van der Waals surface area contributed by atoms with Gasteiger partial charge in [0, 0.05) is 27.8 Å². The van der Waals surface area contributed by atoms with Crippen LogP contribution in [0.15, 0.2) is 42.5 Å². The van der Waals surface area contributed by atoms with Crippen molar-refractivity contribution in [3.8, 4) is 0 Å². The molecule has 2 aromatic carbocycles. The number of hydrogen-bond acceptors (Lipinski definition) is 3. The van der Waals surface area contributed by atoms with E-state index in [1.807, 2.05) is 36.4 Å². The maximum Gasteiger partial charge on any atom is 0.235 e. The third-order valence-corrected chi connectivity index (χ3v) is 9.68. The third kappa shape index (κ3) is 5.90. The molecule has 5 nitrogen and oxygen atoms in total. The maximum absolute atomic E-state index is 13.7. The SMILES string of the molecule is C[C@H](NC(=O)CNC1CCC(C2(Cc3cccc(Cl)c3)C(=O)Nc3cc(Cl)ccc32)CC1)C1CCCCC1. The van der Waals surface area contributed by atoms with Gasteiger partial charge < -0.3 is 16.0 Å². The van der Waals surface area contributed by atoms with Gasteiger partial charge in [-0.05, 0) is 99.1 Å². The van der Waals surface area contributed by atoms with Gasteiger partial charge in [-0.15, -0.1) is 0 Å². The van der Waals surface area contributed by atoms with Crippen molar-refractivity contribution in [2.75, 3.05) is 11.9 Å². The topological polar surface area (TPSA) is 70.2 Å². The minimum absolute atomic E-state index is 0.0437. The van der Waals surface area contributed by atoms with E-state index in [0.29, 0.717) is 28.9 Å². The Hall–Kier alpha value is -2.08. The Morgan fingerprint density at radius 3 is 2.47 bits per heavy atom. The molecule has 2 aromatic rings. The van der Waals surface area contributed by atoms with Crippen molar-refractivity contribution < 1.29 is 9.59 Å². The van der Waals surface area contributed by atoms with Gasteiger partial charge in [-0.3, -0.25) is 9.59 Å². The fourth-order valence-corrected chi connectivity index (χ4v) is 7.53. The molecule has 1 aliphatic heterocycles. The Balaban J connectivity index is 1.24. The summed E-state index contributed by atoms with van der Waals surface area (Å²) in [5.74, 6) is 0.919. The van der Waals surface area contributed by atoms with E-state index < -0.39 is 5.41 Å². The monoisotopic (exact) mass is 555 g/mol. The Labute approximate surface area is 236 Å². The fraction of sp³-hybridized carbons (Fsp3) is 0.548. The second-order valence-corrected chi connectivity index (χ2v) is 12.5. The van der Waals surface area contributed by atoms with Gasteiger partial charge in [-0.2, -0.15) is 0 Å². The van der Waals surface area contributed by atoms with Gasteiger partial charge in [0.25, 0.3) is 0 Å². The zero-order valence-corrected chi connectivity index (χ0v) is 23.7. The van der Waals surface area contributed by atoms with Crippen molar-refractivity contribution in [3.63, 3.8) is 0 Å². The number of carbonyl (C=O) groups excluding carboxylic acids is 2. The fourth-order valence-electron chi connectivity index (χ4n) is 7.14. The lowest BCUT2D eigenvalue weighted by Gasteiger charge is -2.41. The number of anilines is 1. The lowest BCUT2D eigenvalue weighted by molar-refractivity contribution is -0.123. The molecular weight excluding hydrogens is 517 g/mol. The maximum atomic E-state index is 13.7. The first kappa shape index (κ1) is 27.5. The second-order valence-electron chi connectivity index (χ2n) is 11.6. The molecule has 2 atom stereocenters. The summed E-state index contributed by atoms with van der Waals surface area (Å²) in [6.07, 6.45) is 10.6. The Bertz CT molecular complexity index is 1160. The highest BCUT2D eigenvalue weighted by Crippen LogP contribution is 2.50. The average Bonchev–Trinajstić information content (AvgIpc) is 3.18. The van der Waals surface area contributed by atoms with E-state index in [1.54, 1.807) is 0 Å². The lowest BCUT2D eigenvalue weighted by atomic mass is 9.62. The van der Waals surface area contributed by atoms with Crippen LogP contribution in [0.5, 0.6) is 0 Å². The minimum Gasteiger partial charge on any atom is -0.352 e. The number of carbonyl (C=O) groups is 2. The summed E-state index contributed by atoms with van der Waals surface area (Å²) < 4.78 is 0. The largest absolute Gasteiger partial charge is 0.352 e. The molecule has 0 aromatic heterocycles. The Morgan fingerprint density at radius 1 is 1.00 bits per heavy atom. The number of amides is 2. The molecule has 3 aliphatic rings. The quantitative estimate of drug-likeness (QED) is 0.341. The van der Waals surface area contributed by atoms with Crippen LogP contribution in [-0.2, 0) is 21.4 Å². The molecule has 2 saturated carbocycles. The molecule has 2 fully saturated rings. The summed E-state index contributed by atoms with van der Waals surface area (Å²) in [7, 11) is 0. The van der Waals surface area contributed by atoms with Crippen molar-refractivity contribution in [1.29, 1.82) is 0 Å². The summed E-state index contributed by atoms with van der Waals surface area (Å²) in [4.78, 5) is 26.4. The van der Waals surface area contributed by atoms with Crippen LogP contribution in [0.3, 0.4) is 0 Å². The first-order valence-corrected chi connectivity index (χ1v) is 15.0. The predicted octanol–water partition coefficient (Wildman–Crippen LogP) is 6.66. The number of benzene rings is 2. The van der Waals surface area contributed by atoms with Crippen molar-refractivity contribution >= 4 is 40.7 Å². The molecule has 2 amide bonds. The molecule has 2 aliphatic carbocycles. The van der Waals surface area contributed by atoms with Crippen LogP contribution in [0.4, 0.5) is 5.69 Å². The van der Waals surface area contributed by atoms with Crippen LogP contribution in [0, 0.1) is 11.8 Å². The standard InChI is InChI=1S/C31H39Cl2N3O2/c1-20(22-7-3-2-4-8-22)35-29(37)19-34-26-13-10-23(11-14-26)31(18-21-6-5-9-24(32)16-21)27-15-12-25(33)17-28(27)36-30(31)38/h5-6,9,12,15-17,20,22-23,26,34H,2-4,7-8,10-11,13-14,18-19H2,1H3,(H,35,37)(H,36,38)/t20-,23?,26?,31?/m0/s1. The highest BCUT2D eigenvalue weighted by atomic mass is 35.5. The van der Waals surface area contributed by atoms with Crippen molar-refractivity contribution in [3.05, 3.63) is 63.6 Å². The molecular formula is C31H39Cl2N3O2. The molecule has 0 spiro atoms. The van der Waals surface area contributed by atoms with Gasteiger partial charge in [0.1, 0.15) is 0 Å². The van der Waals surface area contributed by atoms with Crippen LogP contribution in [-0.4, -0.2) is 30.4 Å². The van der Waals surface area contributed by atoms with Gasteiger partial charge in [0.2, 0.25) is 11.8 Å². The molecule has 38 heavy (non-hydrogen) atoms. The van der Waals surface area contributed by atoms with Crippen LogP contribution in [0.1, 0.15) is 75.8 Å². The lowest BCUT2D eigenvalue weighted by Crippen LogP contribution is -2.49.